The lowest BCUT2D eigenvalue weighted by Crippen LogP contribution is -2.21. The van der Waals surface area contributed by atoms with Gasteiger partial charge in [-0.15, -0.1) is 5.10 Å². The maximum Gasteiger partial charge on any atom is 0.261 e. The molecule has 3 aromatic heterocycles. The van der Waals surface area contributed by atoms with Crippen molar-refractivity contribution in [3.63, 3.8) is 0 Å². The molecule has 0 aliphatic carbocycles. The number of hydrogen-bond acceptors (Lipinski definition) is 7. The van der Waals surface area contributed by atoms with Crippen LogP contribution in [0.3, 0.4) is 0 Å². The summed E-state index contributed by atoms with van der Waals surface area (Å²) in [5, 5.41) is 8.82. The van der Waals surface area contributed by atoms with Gasteiger partial charge in [-0.1, -0.05) is 30.0 Å². The van der Waals surface area contributed by atoms with Crippen LogP contribution in [-0.4, -0.2) is 34.9 Å². The largest absolute Gasteiger partial charge is 0.340 e. The number of nitrogens with one attached hydrogen (secondary N) is 1. The van der Waals surface area contributed by atoms with Gasteiger partial charge >= 0.3 is 0 Å². The van der Waals surface area contributed by atoms with Crippen LogP contribution in [0.25, 0.3) is 16.7 Å². The summed E-state index contributed by atoms with van der Waals surface area (Å²) in [6.07, 6.45) is 1.56. The van der Waals surface area contributed by atoms with Gasteiger partial charge in [-0.25, -0.2) is 14.4 Å². The van der Waals surface area contributed by atoms with Crippen LogP contribution in [0, 0.1) is 12.7 Å². The third-order valence-corrected chi connectivity index (χ3v) is 5.63. The molecule has 0 aliphatic heterocycles. The summed E-state index contributed by atoms with van der Waals surface area (Å²) in [5.74, 6) is 1.33. The Balaban J connectivity index is 1.35. The highest BCUT2D eigenvalue weighted by molar-refractivity contribution is 7.99. The third-order valence-electron chi connectivity index (χ3n) is 4.81. The van der Waals surface area contributed by atoms with Crippen LogP contribution in [0.1, 0.15) is 5.69 Å². The fourth-order valence-corrected chi connectivity index (χ4v) is 4.09. The minimum atomic E-state index is -0.328. The van der Waals surface area contributed by atoms with Gasteiger partial charge in [0.2, 0.25) is 5.16 Å². The Morgan fingerprint density at radius 1 is 1.09 bits per heavy atom. The van der Waals surface area contributed by atoms with Gasteiger partial charge in [0.25, 0.3) is 11.3 Å². The minimum Gasteiger partial charge on any atom is -0.340 e. The normalized spacial score (nSPS) is 11.3. The number of hydrogen-bond donors (Lipinski definition) is 1. The molecule has 5 rings (SSSR count). The SMILES string of the molecule is Cc1cc(Nc2cccc(F)c2)n2nc(SCCn3cnc4ccccc4c3=O)nc2n1. The molecule has 5 aromatic rings. The van der Waals surface area contributed by atoms with E-state index in [0.717, 1.165) is 5.69 Å². The smallest absolute Gasteiger partial charge is 0.261 e. The number of halogens is 1. The van der Waals surface area contributed by atoms with E-state index in [2.05, 4.69) is 25.4 Å². The second kappa shape index (κ2) is 8.39. The zero-order chi connectivity index (χ0) is 22.1. The molecule has 0 saturated heterocycles. The molecule has 1 N–H and O–H groups in total. The van der Waals surface area contributed by atoms with E-state index in [1.807, 2.05) is 31.2 Å². The fraction of sp³-hybridized carbons (Fsp3) is 0.136. The molecule has 0 amide bonds. The summed E-state index contributed by atoms with van der Waals surface area (Å²) < 4.78 is 16.7. The average molecular weight is 447 g/mol. The van der Waals surface area contributed by atoms with Gasteiger partial charge in [0.1, 0.15) is 11.6 Å². The van der Waals surface area contributed by atoms with Crippen molar-refractivity contribution in [3.05, 3.63) is 82.8 Å². The lowest BCUT2D eigenvalue weighted by Gasteiger charge is -2.08. The van der Waals surface area contributed by atoms with E-state index in [4.69, 9.17) is 0 Å². The molecular formula is C22H18FN7OS. The Morgan fingerprint density at radius 2 is 1.97 bits per heavy atom. The molecule has 0 saturated carbocycles. The number of thioether (sulfide) groups is 1. The molecule has 0 atom stereocenters. The Hall–Kier alpha value is -3.79. The van der Waals surface area contributed by atoms with E-state index < -0.39 is 0 Å². The molecule has 0 bridgehead atoms. The van der Waals surface area contributed by atoms with Crippen molar-refractivity contribution in [2.24, 2.45) is 0 Å². The summed E-state index contributed by atoms with van der Waals surface area (Å²) >= 11 is 1.42. The van der Waals surface area contributed by atoms with Gasteiger partial charge in [-0.05, 0) is 37.3 Å². The predicted octanol–water partition coefficient (Wildman–Crippen LogP) is 3.82. The number of anilines is 2. The van der Waals surface area contributed by atoms with E-state index >= 15 is 0 Å². The van der Waals surface area contributed by atoms with Gasteiger partial charge in [0.05, 0.1) is 17.2 Å². The first-order valence-corrected chi connectivity index (χ1v) is 10.9. The molecule has 3 heterocycles. The maximum atomic E-state index is 13.5. The van der Waals surface area contributed by atoms with E-state index in [0.29, 0.717) is 45.6 Å². The van der Waals surface area contributed by atoms with Crippen molar-refractivity contribution in [3.8, 4) is 0 Å². The van der Waals surface area contributed by atoms with Crippen LogP contribution in [0.5, 0.6) is 0 Å². The number of aromatic nitrogens is 6. The highest BCUT2D eigenvalue weighted by atomic mass is 32.2. The Labute approximate surface area is 186 Å². The molecule has 0 unspecified atom stereocenters. The zero-order valence-corrected chi connectivity index (χ0v) is 17.9. The van der Waals surface area contributed by atoms with Gasteiger partial charge < -0.3 is 5.32 Å². The molecule has 32 heavy (non-hydrogen) atoms. The van der Waals surface area contributed by atoms with Crippen molar-refractivity contribution in [1.29, 1.82) is 0 Å². The standard InChI is InChI=1S/C22H18FN7OS/c1-14-11-19(26-16-6-4-5-15(23)12-16)30-21(25-14)27-22(28-30)32-10-9-29-13-24-18-8-3-2-7-17(18)20(29)31/h2-8,11-13,26H,9-10H2,1H3. The molecule has 10 heteroatoms. The first kappa shape index (κ1) is 20.1. The van der Waals surface area contributed by atoms with Crippen LogP contribution < -0.4 is 10.9 Å². The van der Waals surface area contributed by atoms with E-state index in [1.54, 1.807) is 33.6 Å². The molecule has 0 spiro atoms. The Kier molecular flexibility index (Phi) is 5.28. The van der Waals surface area contributed by atoms with Crippen LogP contribution in [0.4, 0.5) is 15.9 Å². The first-order valence-electron chi connectivity index (χ1n) is 9.91. The number of aryl methyl sites for hydroxylation is 2. The molecular weight excluding hydrogens is 429 g/mol. The minimum absolute atomic E-state index is 0.0713. The fourth-order valence-electron chi connectivity index (χ4n) is 3.33. The van der Waals surface area contributed by atoms with E-state index in [-0.39, 0.29) is 11.4 Å². The van der Waals surface area contributed by atoms with Gasteiger partial charge in [0.15, 0.2) is 0 Å². The molecule has 8 nitrogen and oxygen atoms in total. The molecule has 2 aromatic carbocycles. The monoisotopic (exact) mass is 447 g/mol. The van der Waals surface area contributed by atoms with Crippen molar-refractivity contribution in [2.45, 2.75) is 18.6 Å². The average Bonchev–Trinajstić information content (AvgIpc) is 3.18. The van der Waals surface area contributed by atoms with Crippen molar-refractivity contribution < 1.29 is 4.39 Å². The summed E-state index contributed by atoms with van der Waals surface area (Å²) in [4.78, 5) is 25.9. The number of nitrogens with zero attached hydrogens (tertiary/aromatic N) is 6. The van der Waals surface area contributed by atoms with Gasteiger partial charge in [-0.3, -0.25) is 9.36 Å². The van der Waals surface area contributed by atoms with Gasteiger partial charge in [-0.2, -0.15) is 9.50 Å². The summed E-state index contributed by atoms with van der Waals surface area (Å²) in [6, 6.07) is 15.3. The maximum absolute atomic E-state index is 13.5. The van der Waals surface area contributed by atoms with Crippen molar-refractivity contribution in [2.75, 3.05) is 11.1 Å². The third kappa shape index (κ3) is 4.04. The van der Waals surface area contributed by atoms with Crippen LogP contribution >= 0.6 is 11.8 Å². The van der Waals surface area contributed by atoms with Crippen molar-refractivity contribution in [1.82, 2.24) is 29.1 Å². The number of benzene rings is 2. The Morgan fingerprint density at radius 3 is 2.84 bits per heavy atom. The van der Waals surface area contributed by atoms with E-state index in [1.165, 1.54) is 23.9 Å². The Bertz CT molecular complexity index is 1500. The lowest BCUT2D eigenvalue weighted by molar-refractivity contribution is 0.628. The number of rotatable bonds is 6. The summed E-state index contributed by atoms with van der Waals surface area (Å²) in [5.41, 5.74) is 1.97. The number of para-hydroxylation sites is 1. The van der Waals surface area contributed by atoms with Crippen LogP contribution in [0.2, 0.25) is 0 Å². The molecule has 0 radical (unpaired) electrons. The zero-order valence-electron chi connectivity index (χ0n) is 17.1. The second-order valence-corrected chi connectivity index (χ2v) is 8.20. The lowest BCUT2D eigenvalue weighted by atomic mass is 10.2. The first-order chi connectivity index (χ1) is 15.6. The van der Waals surface area contributed by atoms with Crippen LogP contribution in [0.15, 0.2) is 70.9 Å². The van der Waals surface area contributed by atoms with E-state index in [9.17, 15) is 9.18 Å². The number of fused-ring (bicyclic) bond motifs is 2. The second-order valence-electron chi connectivity index (χ2n) is 7.13. The molecule has 160 valence electrons. The predicted molar refractivity (Wildman–Crippen MR) is 122 cm³/mol. The quantitative estimate of drug-likeness (QED) is 0.396. The highest BCUT2D eigenvalue weighted by Crippen LogP contribution is 2.21. The van der Waals surface area contributed by atoms with Crippen LogP contribution in [-0.2, 0) is 6.54 Å². The highest BCUT2D eigenvalue weighted by Gasteiger charge is 2.12. The molecule has 0 fully saturated rings. The van der Waals surface area contributed by atoms with Crippen molar-refractivity contribution >= 4 is 39.9 Å². The summed E-state index contributed by atoms with van der Waals surface area (Å²) in [6.45, 7) is 2.33. The summed E-state index contributed by atoms with van der Waals surface area (Å²) in [7, 11) is 0. The topological polar surface area (TPSA) is 90.0 Å². The molecule has 0 aliphatic rings. The van der Waals surface area contributed by atoms with Gasteiger partial charge in [0, 0.05) is 29.7 Å².